The fraction of sp³-hybridized carbons (Fsp3) is 0.611. The Labute approximate surface area is 167 Å². The van der Waals surface area contributed by atoms with Crippen molar-refractivity contribution in [2.75, 3.05) is 47.0 Å². The van der Waals surface area contributed by atoms with Crippen LogP contribution in [0.25, 0.3) is 0 Å². The maximum atomic E-state index is 9.65. The van der Waals surface area contributed by atoms with E-state index in [1.807, 2.05) is 12.1 Å². The lowest BCUT2D eigenvalue weighted by Crippen LogP contribution is -2.41. The lowest BCUT2D eigenvalue weighted by atomic mass is 10.1. The molecule has 1 heterocycles. The van der Waals surface area contributed by atoms with Crippen LogP contribution in [0, 0.1) is 5.92 Å². The Balaban J connectivity index is 0.00000312. The molecule has 1 saturated heterocycles. The van der Waals surface area contributed by atoms with Crippen LogP contribution in [0.4, 0.5) is 0 Å². The molecule has 0 saturated carbocycles. The largest absolute Gasteiger partial charge is 0.504 e. The number of aromatic hydroxyl groups is 1. The average molecular weight is 463 g/mol. The SMILES string of the molecule is CCNC(=NCCc1ccc(O)c(OC)c1)N(C)CC1CCOC1.I. The zero-order valence-electron chi connectivity index (χ0n) is 15.3. The Morgan fingerprint density at radius 1 is 1.48 bits per heavy atom. The van der Waals surface area contributed by atoms with Crippen molar-refractivity contribution < 1.29 is 14.6 Å². The van der Waals surface area contributed by atoms with E-state index in [1.165, 1.54) is 0 Å². The zero-order valence-corrected chi connectivity index (χ0v) is 17.7. The van der Waals surface area contributed by atoms with Gasteiger partial charge in [0.2, 0.25) is 0 Å². The van der Waals surface area contributed by atoms with Crippen molar-refractivity contribution in [3.63, 3.8) is 0 Å². The summed E-state index contributed by atoms with van der Waals surface area (Å²) in [5, 5.41) is 13.0. The third-order valence-corrected chi connectivity index (χ3v) is 4.16. The van der Waals surface area contributed by atoms with Gasteiger partial charge in [0, 0.05) is 39.2 Å². The number of halogens is 1. The zero-order chi connectivity index (χ0) is 17.4. The molecule has 0 aromatic heterocycles. The van der Waals surface area contributed by atoms with Crippen molar-refractivity contribution in [1.29, 1.82) is 0 Å². The maximum absolute atomic E-state index is 9.65. The van der Waals surface area contributed by atoms with E-state index in [4.69, 9.17) is 14.5 Å². The van der Waals surface area contributed by atoms with E-state index in [9.17, 15) is 5.11 Å². The van der Waals surface area contributed by atoms with Crippen molar-refractivity contribution in [1.82, 2.24) is 10.2 Å². The summed E-state index contributed by atoms with van der Waals surface area (Å²) in [4.78, 5) is 6.90. The van der Waals surface area contributed by atoms with Crippen molar-refractivity contribution >= 4 is 29.9 Å². The molecular weight excluding hydrogens is 433 g/mol. The Morgan fingerprint density at radius 2 is 2.28 bits per heavy atom. The summed E-state index contributed by atoms with van der Waals surface area (Å²) in [6.45, 7) is 6.27. The third-order valence-electron chi connectivity index (χ3n) is 4.16. The van der Waals surface area contributed by atoms with Crippen molar-refractivity contribution in [2.24, 2.45) is 10.9 Å². The number of rotatable bonds is 7. The van der Waals surface area contributed by atoms with Gasteiger partial charge in [0.15, 0.2) is 17.5 Å². The molecule has 25 heavy (non-hydrogen) atoms. The molecule has 0 aliphatic carbocycles. The Morgan fingerprint density at radius 3 is 2.92 bits per heavy atom. The molecule has 0 radical (unpaired) electrons. The maximum Gasteiger partial charge on any atom is 0.193 e. The minimum absolute atomic E-state index is 0. The molecule has 1 aliphatic heterocycles. The molecule has 1 aliphatic rings. The van der Waals surface area contributed by atoms with Crippen LogP contribution < -0.4 is 10.1 Å². The van der Waals surface area contributed by atoms with Crippen LogP contribution in [0.15, 0.2) is 23.2 Å². The summed E-state index contributed by atoms with van der Waals surface area (Å²) in [6.07, 6.45) is 1.92. The van der Waals surface area contributed by atoms with E-state index in [2.05, 4.69) is 24.2 Å². The average Bonchev–Trinajstić information content (AvgIpc) is 3.08. The molecule has 6 nitrogen and oxygen atoms in total. The van der Waals surface area contributed by atoms with Gasteiger partial charge in [-0.05, 0) is 37.5 Å². The number of guanidine groups is 1. The number of benzene rings is 1. The van der Waals surface area contributed by atoms with Crippen LogP contribution >= 0.6 is 24.0 Å². The summed E-state index contributed by atoms with van der Waals surface area (Å²) in [5.41, 5.74) is 1.09. The fourth-order valence-corrected chi connectivity index (χ4v) is 2.84. The molecule has 0 amide bonds. The number of nitrogens with one attached hydrogen (secondary N) is 1. The van der Waals surface area contributed by atoms with Gasteiger partial charge in [-0.3, -0.25) is 4.99 Å². The van der Waals surface area contributed by atoms with E-state index < -0.39 is 0 Å². The van der Waals surface area contributed by atoms with Gasteiger partial charge in [0.05, 0.1) is 13.7 Å². The molecule has 0 bridgehead atoms. The summed E-state index contributed by atoms with van der Waals surface area (Å²) in [5.74, 6) is 2.17. The second-order valence-corrected chi connectivity index (χ2v) is 6.10. The van der Waals surface area contributed by atoms with Gasteiger partial charge in [-0.1, -0.05) is 6.07 Å². The van der Waals surface area contributed by atoms with E-state index >= 15 is 0 Å². The predicted molar refractivity (Wildman–Crippen MR) is 111 cm³/mol. The summed E-state index contributed by atoms with van der Waals surface area (Å²) in [7, 11) is 3.63. The standard InChI is InChI=1S/C18H29N3O3.HI/c1-4-19-18(21(2)12-15-8-10-24-13-15)20-9-7-14-5-6-16(22)17(11-14)23-3;/h5-6,11,15,22H,4,7-10,12-13H2,1-3H3,(H,19,20);1H. The molecule has 1 aromatic rings. The molecule has 1 fully saturated rings. The van der Waals surface area contributed by atoms with Crippen LogP contribution in [0.2, 0.25) is 0 Å². The van der Waals surface area contributed by atoms with E-state index in [1.54, 1.807) is 13.2 Å². The summed E-state index contributed by atoms with van der Waals surface area (Å²) in [6, 6.07) is 5.42. The molecule has 1 unspecified atom stereocenters. The number of methoxy groups -OCH3 is 1. The predicted octanol–water partition coefficient (Wildman–Crippen LogP) is 2.50. The van der Waals surface area contributed by atoms with Gasteiger partial charge in [-0.15, -0.1) is 24.0 Å². The lowest BCUT2D eigenvalue weighted by Gasteiger charge is -2.24. The summed E-state index contributed by atoms with van der Waals surface area (Å²) < 4.78 is 10.6. The smallest absolute Gasteiger partial charge is 0.193 e. The number of phenols is 1. The first-order valence-corrected chi connectivity index (χ1v) is 8.57. The van der Waals surface area contributed by atoms with Crippen molar-refractivity contribution in [3.8, 4) is 11.5 Å². The Kier molecular flexibility index (Phi) is 9.96. The topological polar surface area (TPSA) is 66.3 Å². The second kappa shape index (κ2) is 11.4. The number of ether oxygens (including phenoxy) is 2. The van der Waals surface area contributed by atoms with Crippen molar-refractivity contribution in [2.45, 2.75) is 19.8 Å². The minimum atomic E-state index is 0. The first-order valence-electron chi connectivity index (χ1n) is 8.57. The van der Waals surface area contributed by atoms with Gasteiger partial charge >= 0.3 is 0 Å². The molecule has 1 atom stereocenters. The third kappa shape index (κ3) is 6.89. The quantitative estimate of drug-likeness (QED) is 0.370. The first-order chi connectivity index (χ1) is 11.6. The number of nitrogens with zero attached hydrogens (tertiary/aromatic N) is 2. The van der Waals surface area contributed by atoms with Crippen LogP contribution in [0.5, 0.6) is 11.5 Å². The molecule has 142 valence electrons. The lowest BCUT2D eigenvalue weighted by molar-refractivity contribution is 0.181. The Bertz CT molecular complexity index is 548. The fourth-order valence-electron chi connectivity index (χ4n) is 2.84. The number of hydrogen-bond donors (Lipinski definition) is 2. The van der Waals surface area contributed by atoms with Crippen LogP contribution in [-0.4, -0.2) is 63.0 Å². The highest BCUT2D eigenvalue weighted by Crippen LogP contribution is 2.26. The number of aliphatic imine (C=N–C) groups is 1. The molecule has 0 spiro atoms. The first kappa shape index (κ1) is 21.8. The van der Waals surface area contributed by atoms with Gasteiger partial charge in [-0.25, -0.2) is 0 Å². The van der Waals surface area contributed by atoms with E-state index in [0.717, 1.165) is 50.7 Å². The normalized spacial score (nSPS) is 17.1. The second-order valence-electron chi connectivity index (χ2n) is 6.10. The highest BCUT2D eigenvalue weighted by atomic mass is 127. The molecule has 1 aromatic carbocycles. The Hall–Kier alpha value is -1.22. The van der Waals surface area contributed by atoms with Gasteiger partial charge in [-0.2, -0.15) is 0 Å². The van der Waals surface area contributed by atoms with Gasteiger partial charge in [0.1, 0.15) is 0 Å². The van der Waals surface area contributed by atoms with Crippen LogP contribution in [-0.2, 0) is 11.2 Å². The monoisotopic (exact) mass is 463 g/mol. The van der Waals surface area contributed by atoms with E-state index in [-0.39, 0.29) is 29.7 Å². The van der Waals surface area contributed by atoms with Crippen molar-refractivity contribution in [3.05, 3.63) is 23.8 Å². The molecule has 7 heteroatoms. The number of phenolic OH excluding ortho intramolecular Hbond substituents is 1. The van der Waals surface area contributed by atoms with Gasteiger partial charge in [0.25, 0.3) is 0 Å². The molecule has 2 rings (SSSR count). The summed E-state index contributed by atoms with van der Waals surface area (Å²) >= 11 is 0. The molecule has 2 N–H and O–H groups in total. The number of hydrogen-bond acceptors (Lipinski definition) is 4. The molecular formula is C18H30IN3O3. The van der Waals surface area contributed by atoms with Crippen LogP contribution in [0.1, 0.15) is 18.9 Å². The highest BCUT2D eigenvalue weighted by Gasteiger charge is 2.18. The highest BCUT2D eigenvalue weighted by molar-refractivity contribution is 14.0. The van der Waals surface area contributed by atoms with Gasteiger partial charge < -0.3 is 24.8 Å². The van der Waals surface area contributed by atoms with Crippen LogP contribution in [0.3, 0.4) is 0 Å². The van der Waals surface area contributed by atoms with E-state index in [0.29, 0.717) is 18.2 Å². The minimum Gasteiger partial charge on any atom is -0.504 e.